The minimum atomic E-state index is 0.649. The highest BCUT2D eigenvalue weighted by Gasteiger charge is 2.11. The first-order valence-corrected chi connectivity index (χ1v) is 5.54. The highest BCUT2D eigenvalue weighted by molar-refractivity contribution is 5.67. The molecule has 3 nitrogen and oxygen atoms in total. The molecule has 16 heavy (non-hydrogen) atoms. The number of benzene rings is 1. The van der Waals surface area contributed by atoms with Crippen LogP contribution in [0.2, 0.25) is 0 Å². The minimum absolute atomic E-state index is 0.649. The molecule has 0 aliphatic heterocycles. The van der Waals surface area contributed by atoms with Gasteiger partial charge in [-0.2, -0.15) is 5.10 Å². The lowest BCUT2D eigenvalue weighted by atomic mass is 10.0. The smallest absolute Gasteiger partial charge is 0.0955 e. The first kappa shape index (κ1) is 10.9. The van der Waals surface area contributed by atoms with E-state index in [1.165, 1.54) is 16.7 Å². The van der Waals surface area contributed by atoms with E-state index in [-0.39, 0.29) is 0 Å². The Morgan fingerprint density at radius 2 is 2.00 bits per heavy atom. The Kier molecular flexibility index (Phi) is 3.06. The number of hydrogen-bond donors (Lipinski definition) is 2. The van der Waals surface area contributed by atoms with Crippen LogP contribution in [0.4, 0.5) is 0 Å². The zero-order valence-electron chi connectivity index (χ0n) is 9.75. The first-order chi connectivity index (χ1) is 7.74. The zero-order valence-corrected chi connectivity index (χ0v) is 9.75. The van der Waals surface area contributed by atoms with Crippen molar-refractivity contribution in [3.63, 3.8) is 0 Å². The molecular formula is C13H17N3. The van der Waals surface area contributed by atoms with E-state index in [1.54, 1.807) is 0 Å². The Bertz CT molecular complexity index is 486. The van der Waals surface area contributed by atoms with E-state index in [2.05, 4.69) is 36.2 Å². The second-order valence-corrected chi connectivity index (χ2v) is 4.03. The molecule has 0 amide bonds. The zero-order chi connectivity index (χ0) is 11.5. The van der Waals surface area contributed by atoms with Gasteiger partial charge in [-0.05, 0) is 31.5 Å². The third-order valence-corrected chi connectivity index (χ3v) is 2.91. The van der Waals surface area contributed by atoms with Crippen LogP contribution in [0.25, 0.3) is 11.3 Å². The number of H-pyrrole nitrogens is 1. The van der Waals surface area contributed by atoms with Gasteiger partial charge in [0.2, 0.25) is 0 Å². The van der Waals surface area contributed by atoms with Gasteiger partial charge in [0.05, 0.1) is 5.69 Å². The maximum Gasteiger partial charge on any atom is 0.0955 e. The predicted octanol–water partition coefficient (Wildman–Crippen LogP) is 2.19. The molecule has 3 heteroatoms. The average Bonchev–Trinajstić information content (AvgIpc) is 2.62. The quantitative estimate of drug-likeness (QED) is 0.824. The molecule has 3 N–H and O–H groups in total. The van der Waals surface area contributed by atoms with Gasteiger partial charge in [0.25, 0.3) is 0 Å². The van der Waals surface area contributed by atoms with Crippen LogP contribution in [0.3, 0.4) is 0 Å². The number of hydrogen-bond acceptors (Lipinski definition) is 2. The third-order valence-electron chi connectivity index (χ3n) is 2.91. The van der Waals surface area contributed by atoms with Gasteiger partial charge in [-0.3, -0.25) is 5.10 Å². The van der Waals surface area contributed by atoms with E-state index in [9.17, 15) is 0 Å². The van der Waals surface area contributed by atoms with Crippen molar-refractivity contribution in [2.75, 3.05) is 6.54 Å². The second kappa shape index (κ2) is 4.49. The SMILES string of the molecule is Cc1ccccc1-c1n[nH]c(CCN)c1C. The van der Waals surface area contributed by atoms with Crippen molar-refractivity contribution in [3.05, 3.63) is 41.1 Å². The summed E-state index contributed by atoms with van der Waals surface area (Å²) in [5.74, 6) is 0. The fourth-order valence-corrected chi connectivity index (χ4v) is 1.92. The fourth-order valence-electron chi connectivity index (χ4n) is 1.92. The van der Waals surface area contributed by atoms with Crippen molar-refractivity contribution in [3.8, 4) is 11.3 Å². The Morgan fingerprint density at radius 3 is 2.69 bits per heavy atom. The van der Waals surface area contributed by atoms with Crippen LogP contribution in [0, 0.1) is 13.8 Å². The minimum Gasteiger partial charge on any atom is -0.330 e. The molecule has 0 fully saturated rings. The molecule has 2 rings (SSSR count). The van der Waals surface area contributed by atoms with Crippen LogP contribution in [-0.4, -0.2) is 16.7 Å². The summed E-state index contributed by atoms with van der Waals surface area (Å²) < 4.78 is 0. The van der Waals surface area contributed by atoms with Crippen molar-refractivity contribution in [2.45, 2.75) is 20.3 Å². The van der Waals surface area contributed by atoms with Crippen LogP contribution in [0.5, 0.6) is 0 Å². The molecule has 0 radical (unpaired) electrons. The summed E-state index contributed by atoms with van der Waals surface area (Å²) in [6.45, 7) is 4.85. The Hall–Kier alpha value is -1.61. The molecule has 0 saturated heterocycles. The van der Waals surface area contributed by atoms with E-state index in [0.717, 1.165) is 17.8 Å². The Labute approximate surface area is 95.7 Å². The Balaban J connectivity index is 2.45. The van der Waals surface area contributed by atoms with Gasteiger partial charge < -0.3 is 5.73 Å². The van der Waals surface area contributed by atoms with E-state index < -0.39 is 0 Å². The summed E-state index contributed by atoms with van der Waals surface area (Å²) in [6, 6.07) is 8.29. The summed E-state index contributed by atoms with van der Waals surface area (Å²) in [6.07, 6.45) is 0.852. The highest BCUT2D eigenvalue weighted by atomic mass is 15.1. The molecule has 0 spiro atoms. The van der Waals surface area contributed by atoms with Crippen LogP contribution in [0.1, 0.15) is 16.8 Å². The number of nitrogens with zero attached hydrogens (tertiary/aromatic N) is 1. The molecule has 1 aromatic heterocycles. The van der Waals surface area contributed by atoms with Crippen molar-refractivity contribution >= 4 is 0 Å². The van der Waals surface area contributed by atoms with Crippen LogP contribution < -0.4 is 5.73 Å². The van der Waals surface area contributed by atoms with Gasteiger partial charge >= 0.3 is 0 Å². The largest absolute Gasteiger partial charge is 0.330 e. The number of nitrogens with one attached hydrogen (secondary N) is 1. The molecule has 1 heterocycles. The van der Waals surface area contributed by atoms with Crippen LogP contribution in [-0.2, 0) is 6.42 Å². The van der Waals surface area contributed by atoms with Crippen molar-refractivity contribution in [1.82, 2.24) is 10.2 Å². The number of aryl methyl sites for hydroxylation is 1. The lowest BCUT2D eigenvalue weighted by Crippen LogP contribution is -2.03. The van der Waals surface area contributed by atoms with Gasteiger partial charge in [0, 0.05) is 17.7 Å². The van der Waals surface area contributed by atoms with Gasteiger partial charge in [0.1, 0.15) is 0 Å². The van der Waals surface area contributed by atoms with E-state index in [4.69, 9.17) is 5.73 Å². The molecule has 0 aliphatic carbocycles. The van der Waals surface area contributed by atoms with Gasteiger partial charge in [-0.15, -0.1) is 0 Å². The standard InChI is InChI=1S/C13H17N3/c1-9-5-3-4-6-11(9)13-10(2)12(7-8-14)15-16-13/h3-6H,7-8,14H2,1-2H3,(H,15,16). The summed E-state index contributed by atoms with van der Waals surface area (Å²) in [4.78, 5) is 0. The van der Waals surface area contributed by atoms with E-state index in [0.29, 0.717) is 6.54 Å². The summed E-state index contributed by atoms with van der Waals surface area (Å²) >= 11 is 0. The molecule has 0 bridgehead atoms. The van der Waals surface area contributed by atoms with Crippen LogP contribution >= 0.6 is 0 Å². The third kappa shape index (κ3) is 1.86. The van der Waals surface area contributed by atoms with Gasteiger partial charge in [-0.1, -0.05) is 24.3 Å². The molecule has 1 aromatic carbocycles. The normalized spacial score (nSPS) is 10.7. The number of aromatic nitrogens is 2. The fraction of sp³-hybridized carbons (Fsp3) is 0.308. The Morgan fingerprint density at radius 1 is 1.25 bits per heavy atom. The van der Waals surface area contributed by atoms with E-state index in [1.807, 2.05) is 12.1 Å². The molecular weight excluding hydrogens is 198 g/mol. The van der Waals surface area contributed by atoms with E-state index >= 15 is 0 Å². The van der Waals surface area contributed by atoms with Crippen molar-refractivity contribution in [2.24, 2.45) is 5.73 Å². The molecule has 0 atom stereocenters. The lowest BCUT2D eigenvalue weighted by Gasteiger charge is -2.03. The lowest BCUT2D eigenvalue weighted by molar-refractivity contribution is 0.896. The van der Waals surface area contributed by atoms with Crippen LogP contribution in [0.15, 0.2) is 24.3 Å². The molecule has 84 valence electrons. The predicted molar refractivity (Wildman–Crippen MR) is 66.3 cm³/mol. The number of aromatic amines is 1. The van der Waals surface area contributed by atoms with Gasteiger partial charge in [0.15, 0.2) is 0 Å². The summed E-state index contributed by atoms with van der Waals surface area (Å²) in [5, 5.41) is 7.46. The van der Waals surface area contributed by atoms with Crippen molar-refractivity contribution in [1.29, 1.82) is 0 Å². The number of nitrogens with two attached hydrogens (primary N) is 1. The summed E-state index contributed by atoms with van der Waals surface area (Å²) in [7, 11) is 0. The highest BCUT2D eigenvalue weighted by Crippen LogP contribution is 2.25. The maximum absolute atomic E-state index is 5.56. The molecule has 0 saturated carbocycles. The topological polar surface area (TPSA) is 54.7 Å². The average molecular weight is 215 g/mol. The maximum atomic E-state index is 5.56. The first-order valence-electron chi connectivity index (χ1n) is 5.54. The van der Waals surface area contributed by atoms with Gasteiger partial charge in [-0.25, -0.2) is 0 Å². The molecule has 0 unspecified atom stereocenters. The monoisotopic (exact) mass is 215 g/mol. The second-order valence-electron chi connectivity index (χ2n) is 4.03. The molecule has 0 aliphatic rings. The molecule has 2 aromatic rings. The number of rotatable bonds is 3. The van der Waals surface area contributed by atoms with Crippen molar-refractivity contribution < 1.29 is 0 Å². The summed E-state index contributed by atoms with van der Waals surface area (Å²) in [5.41, 5.74) is 11.4.